The topological polar surface area (TPSA) is 131 Å². The zero-order chi connectivity index (χ0) is 26.4. The molecule has 2 N–H and O–H groups in total. The molecule has 1 heterocycles. The number of hydrogen-bond donors (Lipinski definition) is 2. The van der Waals surface area contributed by atoms with Crippen LogP contribution >= 0.6 is 0 Å². The highest BCUT2D eigenvalue weighted by molar-refractivity contribution is 6.36. The third kappa shape index (κ3) is 8.61. The largest absolute Gasteiger partial charge is 0.463 e. The Morgan fingerprint density at radius 2 is 1.59 bits per heavy atom. The van der Waals surface area contributed by atoms with Gasteiger partial charge < -0.3 is 25.0 Å². The van der Waals surface area contributed by atoms with E-state index in [1.807, 2.05) is 34.6 Å². The summed E-state index contributed by atoms with van der Waals surface area (Å²) in [6, 6.07) is -2.80. The van der Waals surface area contributed by atoms with Crippen molar-refractivity contribution in [3.05, 3.63) is 0 Å². The van der Waals surface area contributed by atoms with Gasteiger partial charge in [-0.2, -0.15) is 0 Å². The van der Waals surface area contributed by atoms with Crippen LogP contribution in [0.2, 0.25) is 0 Å². The number of nitrogens with zero attached hydrogens (tertiary/aromatic N) is 1. The average Bonchev–Trinajstić information content (AvgIpc) is 3.17. The van der Waals surface area contributed by atoms with Gasteiger partial charge >= 0.3 is 12.1 Å². The van der Waals surface area contributed by atoms with E-state index in [9.17, 15) is 24.0 Å². The summed E-state index contributed by atoms with van der Waals surface area (Å²) in [7, 11) is 1.11. The molecular formula is C24H41N3O7. The standard InChI is InChI=1S/C24H41N3O7/c1-14(2)13-15(17(28)21(31)33-9)25-19(29)16-11-10-12-27(16)20(30)18(23(3,4)5)26-22(32)34-24(6,7)8/h14-16,18H,10-13H2,1-9H3,(H,25,29)(H,26,32)/t15?,16?,18-/m1/s1. The summed E-state index contributed by atoms with van der Waals surface area (Å²) in [6.45, 7) is 14.7. The number of carbonyl (C=O) groups is 5. The molecule has 10 nitrogen and oxygen atoms in total. The fraction of sp³-hybridized carbons (Fsp3) is 0.792. The highest BCUT2D eigenvalue weighted by Crippen LogP contribution is 2.26. The van der Waals surface area contributed by atoms with Gasteiger partial charge in [0.25, 0.3) is 5.78 Å². The maximum atomic E-state index is 13.5. The second-order valence-electron chi connectivity index (χ2n) is 11.2. The van der Waals surface area contributed by atoms with Gasteiger partial charge in [-0.3, -0.25) is 14.4 Å². The summed E-state index contributed by atoms with van der Waals surface area (Å²) in [6.07, 6.45) is 0.529. The van der Waals surface area contributed by atoms with Gasteiger partial charge in [-0.15, -0.1) is 0 Å². The lowest BCUT2D eigenvalue weighted by atomic mass is 9.85. The number of Topliss-reactive ketones (excluding diaryl/α,β-unsaturated/α-hetero) is 1. The maximum absolute atomic E-state index is 13.5. The minimum atomic E-state index is -1.05. The predicted molar refractivity (Wildman–Crippen MR) is 126 cm³/mol. The normalized spacial score (nSPS) is 18.2. The van der Waals surface area contributed by atoms with Crippen molar-refractivity contribution >= 4 is 29.7 Å². The number of ketones is 1. The van der Waals surface area contributed by atoms with E-state index in [-0.39, 0.29) is 12.3 Å². The molecule has 3 amide bonds. The Balaban J connectivity index is 3.07. The molecule has 1 aliphatic rings. The van der Waals surface area contributed by atoms with E-state index in [2.05, 4.69) is 15.4 Å². The fourth-order valence-electron chi connectivity index (χ4n) is 3.76. The summed E-state index contributed by atoms with van der Waals surface area (Å²) >= 11 is 0. The van der Waals surface area contributed by atoms with Gasteiger partial charge in [-0.05, 0) is 51.4 Å². The Morgan fingerprint density at radius 3 is 2.06 bits per heavy atom. The van der Waals surface area contributed by atoms with E-state index >= 15 is 0 Å². The molecule has 0 aromatic rings. The van der Waals surface area contributed by atoms with E-state index in [1.54, 1.807) is 20.8 Å². The Hall–Kier alpha value is -2.65. The van der Waals surface area contributed by atoms with Crippen LogP contribution in [0.4, 0.5) is 4.79 Å². The number of rotatable bonds is 8. The molecule has 2 unspecified atom stereocenters. The first-order valence-electron chi connectivity index (χ1n) is 11.7. The van der Waals surface area contributed by atoms with Gasteiger partial charge in [0.05, 0.1) is 13.2 Å². The second-order valence-corrected chi connectivity index (χ2v) is 11.2. The van der Waals surface area contributed by atoms with Gasteiger partial charge in [-0.1, -0.05) is 34.6 Å². The van der Waals surface area contributed by atoms with Crippen molar-refractivity contribution in [2.24, 2.45) is 11.3 Å². The summed E-state index contributed by atoms with van der Waals surface area (Å²) in [5.41, 5.74) is -1.39. The van der Waals surface area contributed by atoms with Crippen LogP contribution in [0.15, 0.2) is 0 Å². The van der Waals surface area contributed by atoms with E-state index < -0.39 is 58.8 Å². The second kappa shape index (κ2) is 11.7. The lowest BCUT2D eigenvalue weighted by Gasteiger charge is -2.36. The van der Waals surface area contributed by atoms with Crippen LogP contribution < -0.4 is 10.6 Å². The minimum absolute atomic E-state index is 0.0310. The van der Waals surface area contributed by atoms with Crippen LogP contribution in [0.25, 0.3) is 0 Å². The van der Waals surface area contributed by atoms with Crippen molar-refractivity contribution in [3.63, 3.8) is 0 Å². The van der Waals surface area contributed by atoms with E-state index in [4.69, 9.17) is 4.74 Å². The zero-order valence-electron chi connectivity index (χ0n) is 21.9. The molecule has 0 saturated carbocycles. The van der Waals surface area contributed by atoms with Gasteiger partial charge in [0.15, 0.2) is 0 Å². The predicted octanol–water partition coefficient (Wildman–Crippen LogP) is 2.19. The number of methoxy groups -OCH3 is 1. The first kappa shape index (κ1) is 29.4. The lowest BCUT2D eigenvalue weighted by Crippen LogP contribution is -2.59. The van der Waals surface area contributed by atoms with Crippen LogP contribution in [0.1, 0.15) is 74.7 Å². The number of ether oxygens (including phenoxy) is 2. The Morgan fingerprint density at radius 1 is 1.00 bits per heavy atom. The zero-order valence-corrected chi connectivity index (χ0v) is 21.9. The molecule has 0 radical (unpaired) electrons. The maximum Gasteiger partial charge on any atom is 0.408 e. The molecule has 0 spiro atoms. The summed E-state index contributed by atoms with van der Waals surface area (Å²) in [4.78, 5) is 64.6. The number of alkyl carbamates (subject to hydrolysis) is 1. The third-order valence-corrected chi connectivity index (χ3v) is 5.34. The first-order valence-corrected chi connectivity index (χ1v) is 11.7. The molecule has 1 rings (SSSR count). The number of nitrogens with one attached hydrogen (secondary N) is 2. The Labute approximate surface area is 202 Å². The molecule has 34 heavy (non-hydrogen) atoms. The van der Waals surface area contributed by atoms with E-state index in [1.165, 1.54) is 4.90 Å². The van der Waals surface area contributed by atoms with Gasteiger partial charge in [0, 0.05) is 6.54 Å². The molecule has 0 aromatic heterocycles. The SMILES string of the molecule is COC(=O)C(=O)C(CC(C)C)NC(=O)C1CCCN1C(=O)[C@@H](NC(=O)OC(C)(C)C)C(C)(C)C. The molecule has 10 heteroatoms. The quantitative estimate of drug-likeness (QED) is 0.400. The minimum Gasteiger partial charge on any atom is -0.463 e. The van der Waals surface area contributed by atoms with Crippen LogP contribution in [-0.4, -0.2) is 71.9 Å². The monoisotopic (exact) mass is 483 g/mol. The molecule has 1 aliphatic heterocycles. The lowest BCUT2D eigenvalue weighted by molar-refractivity contribution is -0.153. The summed E-state index contributed by atoms with van der Waals surface area (Å²) in [5.74, 6) is -2.75. The highest BCUT2D eigenvalue weighted by atomic mass is 16.6. The number of esters is 1. The number of likely N-dealkylation sites (tertiary alicyclic amines) is 1. The van der Waals surface area contributed by atoms with Crippen LogP contribution in [0.3, 0.4) is 0 Å². The molecule has 1 fully saturated rings. The average molecular weight is 484 g/mol. The molecule has 3 atom stereocenters. The van der Waals surface area contributed by atoms with Crippen molar-refractivity contribution in [3.8, 4) is 0 Å². The molecular weight excluding hydrogens is 442 g/mol. The number of amides is 3. The van der Waals surface area contributed by atoms with Gasteiger partial charge in [-0.25, -0.2) is 9.59 Å². The van der Waals surface area contributed by atoms with E-state index in [0.29, 0.717) is 19.4 Å². The fourth-order valence-corrected chi connectivity index (χ4v) is 3.76. The Bertz CT molecular complexity index is 780. The van der Waals surface area contributed by atoms with Crippen molar-refractivity contribution < 1.29 is 33.4 Å². The van der Waals surface area contributed by atoms with Crippen molar-refractivity contribution in [1.82, 2.24) is 15.5 Å². The molecule has 1 saturated heterocycles. The molecule has 0 aromatic carbocycles. The smallest absolute Gasteiger partial charge is 0.408 e. The Kier molecular flexibility index (Phi) is 10.1. The molecule has 194 valence electrons. The molecule has 0 bridgehead atoms. The van der Waals surface area contributed by atoms with Crippen LogP contribution in [0, 0.1) is 11.3 Å². The van der Waals surface area contributed by atoms with Crippen molar-refractivity contribution in [2.45, 2.75) is 98.4 Å². The molecule has 0 aliphatic carbocycles. The van der Waals surface area contributed by atoms with E-state index in [0.717, 1.165) is 7.11 Å². The van der Waals surface area contributed by atoms with Crippen molar-refractivity contribution in [2.75, 3.05) is 13.7 Å². The van der Waals surface area contributed by atoms with Crippen molar-refractivity contribution in [1.29, 1.82) is 0 Å². The van der Waals surface area contributed by atoms with Gasteiger partial charge in [0.1, 0.15) is 17.7 Å². The highest BCUT2D eigenvalue weighted by Gasteiger charge is 2.43. The van der Waals surface area contributed by atoms with Gasteiger partial charge in [0.2, 0.25) is 11.8 Å². The van der Waals surface area contributed by atoms with Crippen LogP contribution in [0.5, 0.6) is 0 Å². The first-order chi connectivity index (χ1) is 15.5. The number of carbonyl (C=O) groups excluding carboxylic acids is 5. The summed E-state index contributed by atoms with van der Waals surface area (Å²) < 4.78 is 9.84. The number of hydrogen-bond acceptors (Lipinski definition) is 7. The third-order valence-electron chi connectivity index (χ3n) is 5.34. The summed E-state index contributed by atoms with van der Waals surface area (Å²) in [5, 5.41) is 5.30. The van der Waals surface area contributed by atoms with Crippen LogP contribution in [-0.2, 0) is 28.7 Å².